The molecule has 1 atom stereocenters. The SMILES string of the molecule is CC(=O)N1CCCCC1c1ccc(N(C(=O)OC(C)(C)C)C2CC2)nc1. The molecule has 1 aromatic heterocycles. The molecule has 2 heterocycles. The van der Waals surface area contributed by atoms with Crippen molar-refractivity contribution in [3.8, 4) is 0 Å². The van der Waals surface area contributed by atoms with Crippen molar-refractivity contribution in [3.63, 3.8) is 0 Å². The largest absolute Gasteiger partial charge is 0.443 e. The third kappa shape index (κ3) is 4.34. The number of amides is 2. The standard InChI is InChI=1S/C20H29N3O3/c1-14(24)22-12-6-5-7-17(22)15-8-11-18(21-13-15)23(16-9-10-16)19(25)26-20(2,3)4/h8,11,13,16-17H,5-7,9-10,12H2,1-4H3. The Hall–Kier alpha value is -2.11. The van der Waals surface area contributed by atoms with Gasteiger partial charge < -0.3 is 9.64 Å². The maximum atomic E-state index is 12.6. The van der Waals surface area contributed by atoms with E-state index in [4.69, 9.17) is 4.74 Å². The molecule has 0 aromatic carbocycles. The number of anilines is 1. The molecule has 6 nitrogen and oxygen atoms in total. The Morgan fingerprint density at radius 3 is 2.46 bits per heavy atom. The summed E-state index contributed by atoms with van der Waals surface area (Å²) in [6.07, 6.45) is 6.54. The van der Waals surface area contributed by atoms with E-state index in [1.165, 1.54) is 0 Å². The van der Waals surface area contributed by atoms with Crippen molar-refractivity contribution in [3.05, 3.63) is 23.9 Å². The van der Waals surface area contributed by atoms with E-state index in [1.807, 2.05) is 37.8 Å². The number of ether oxygens (including phenoxy) is 1. The zero-order valence-corrected chi connectivity index (χ0v) is 16.2. The normalized spacial score (nSPS) is 20.6. The lowest BCUT2D eigenvalue weighted by atomic mass is 9.96. The molecule has 1 saturated carbocycles. The summed E-state index contributed by atoms with van der Waals surface area (Å²) in [7, 11) is 0. The van der Waals surface area contributed by atoms with E-state index < -0.39 is 5.60 Å². The Labute approximate surface area is 155 Å². The molecule has 1 saturated heterocycles. The number of aromatic nitrogens is 1. The van der Waals surface area contributed by atoms with Crippen LogP contribution in [0.15, 0.2) is 18.3 Å². The summed E-state index contributed by atoms with van der Waals surface area (Å²) in [6.45, 7) is 8.02. The van der Waals surface area contributed by atoms with Gasteiger partial charge in [0.2, 0.25) is 5.91 Å². The average Bonchev–Trinajstić information content (AvgIpc) is 3.39. The Morgan fingerprint density at radius 1 is 1.19 bits per heavy atom. The molecule has 6 heteroatoms. The number of likely N-dealkylation sites (tertiary alicyclic amines) is 1. The maximum Gasteiger partial charge on any atom is 0.416 e. The van der Waals surface area contributed by atoms with E-state index in [2.05, 4.69) is 4.98 Å². The van der Waals surface area contributed by atoms with Crippen LogP contribution in [-0.4, -0.2) is 40.1 Å². The van der Waals surface area contributed by atoms with Crippen molar-refractivity contribution in [2.24, 2.45) is 0 Å². The van der Waals surface area contributed by atoms with Crippen LogP contribution in [0.1, 0.15) is 71.4 Å². The van der Waals surface area contributed by atoms with Crippen molar-refractivity contribution < 1.29 is 14.3 Å². The van der Waals surface area contributed by atoms with Gasteiger partial charge in [-0.2, -0.15) is 0 Å². The van der Waals surface area contributed by atoms with E-state index in [0.717, 1.165) is 44.2 Å². The fraction of sp³-hybridized carbons (Fsp3) is 0.650. The van der Waals surface area contributed by atoms with Crippen LogP contribution < -0.4 is 4.90 Å². The molecule has 2 aliphatic rings. The van der Waals surface area contributed by atoms with Crippen LogP contribution in [0, 0.1) is 0 Å². The first-order chi connectivity index (χ1) is 12.3. The van der Waals surface area contributed by atoms with Gasteiger partial charge in [-0.15, -0.1) is 0 Å². The van der Waals surface area contributed by atoms with Gasteiger partial charge >= 0.3 is 6.09 Å². The second kappa shape index (κ2) is 7.25. The second-order valence-electron chi connectivity index (χ2n) is 8.26. The Bertz CT molecular complexity index is 662. The fourth-order valence-corrected chi connectivity index (χ4v) is 3.47. The number of nitrogens with zero attached hydrogens (tertiary/aromatic N) is 3. The number of hydrogen-bond donors (Lipinski definition) is 0. The summed E-state index contributed by atoms with van der Waals surface area (Å²) in [4.78, 5) is 32.6. The minimum absolute atomic E-state index is 0.0821. The highest BCUT2D eigenvalue weighted by Crippen LogP contribution is 2.34. The van der Waals surface area contributed by atoms with Crippen LogP contribution in [0.3, 0.4) is 0 Å². The highest BCUT2D eigenvalue weighted by Gasteiger charge is 2.37. The van der Waals surface area contributed by atoms with Crippen molar-refractivity contribution in [2.45, 2.75) is 77.5 Å². The molecule has 0 spiro atoms. The van der Waals surface area contributed by atoms with Crippen LogP contribution in [0.5, 0.6) is 0 Å². The molecule has 142 valence electrons. The van der Waals surface area contributed by atoms with E-state index >= 15 is 0 Å². The zero-order valence-electron chi connectivity index (χ0n) is 16.2. The molecule has 1 unspecified atom stereocenters. The van der Waals surface area contributed by atoms with Gasteiger partial charge in [-0.05, 0) is 64.5 Å². The van der Waals surface area contributed by atoms with E-state index in [0.29, 0.717) is 5.82 Å². The third-order valence-electron chi connectivity index (χ3n) is 4.81. The van der Waals surface area contributed by atoms with Crippen LogP contribution in [-0.2, 0) is 9.53 Å². The van der Waals surface area contributed by atoms with Crippen LogP contribution in [0.2, 0.25) is 0 Å². The summed E-state index contributed by atoms with van der Waals surface area (Å²) in [6, 6.07) is 4.13. The summed E-state index contributed by atoms with van der Waals surface area (Å²) < 4.78 is 5.54. The van der Waals surface area contributed by atoms with E-state index in [1.54, 1.807) is 18.0 Å². The molecule has 0 radical (unpaired) electrons. The van der Waals surface area contributed by atoms with Crippen LogP contribution in [0.4, 0.5) is 10.6 Å². The molecule has 0 N–H and O–H groups in total. The lowest BCUT2D eigenvalue weighted by Gasteiger charge is -2.35. The number of hydrogen-bond acceptors (Lipinski definition) is 4. The van der Waals surface area contributed by atoms with Crippen LogP contribution >= 0.6 is 0 Å². The summed E-state index contributed by atoms with van der Waals surface area (Å²) in [5.74, 6) is 0.725. The monoisotopic (exact) mass is 359 g/mol. The molecule has 1 aromatic rings. The van der Waals surface area contributed by atoms with Gasteiger partial charge in [0.1, 0.15) is 11.4 Å². The van der Waals surface area contributed by atoms with Crippen molar-refractivity contribution in [2.75, 3.05) is 11.4 Å². The highest BCUT2D eigenvalue weighted by molar-refractivity contribution is 5.88. The van der Waals surface area contributed by atoms with E-state index in [9.17, 15) is 9.59 Å². The van der Waals surface area contributed by atoms with Crippen molar-refractivity contribution in [1.29, 1.82) is 0 Å². The number of rotatable bonds is 3. The van der Waals surface area contributed by atoms with Gasteiger partial charge in [-0.25, -0.2) is 9.78 Å². The number of piperidine rings is 1. The quantitative estimate of drug-likeness (QED) is 0.816. The Balaban J connectivity index is 1.79. The zero-order chi connectivity index (χ0) is 18.9. The first-order valence-electron chi connectivity index (χ1n) is 9.51. The van der Waals surface area contributed by atoms with Crippen LogP contribution in [0.25, 0.3) is 0 Å². The molecule has 2 amide bonds. The van der Waals surface area contributed by atoms with Gasteiger partial charge in [0.15, 0.2) is 0 Å². The summed E-state index contributed by atoms with van der Waals surface area (Å²) >= 11 is 0. The average molecular weight is 359 g/mol. The summed E-state index contributed by atoms with van der Waals surface area (Å²) in [5.41, 5.74) is 0.498. The van der Waals surface area contributed by atoms with Gasteiger partial charge in [0.25, 0.3) is 0 Å². The molecule has 2 fully saturated rings. The van der Waals surface area contributed by atoms with E-state index in [-0.39, 0.29) is 24.1 Å². The number of carbonyl (C=O) groups is 2. The predicted molar refractivity (Wildman–Crippen MR) is 100.0 cm³/mol. The molecule has 26 heavy (non-hydrogen) atoms. The first-order valence-corrected chi connectivity index (χ1v) is 9.51. The Morgan fingerprint density at radius 2 is 1.92 bits per heavy atom. The van der Waals surface area contributed by atoms with Crippen molar-refractivity contribution >= 4 is 17.8 Å². The molecule has 1 aliphatic heterocycles. The van der Waals surface area contributed by atoms with Gasteiger partial charge in [0, 0.05) is 25.7 Å². The van der Waals surface area contributed by atoms with Crippen molar-refractivity contribution in [1.82, 2.24) is 9.88 Å². The molecule has 3 rings (SSSR count). The first kappa shape index (κ1) is 18.7. The smallest absolute Gasteiger partial charge is 0.416 e. The lowest BCUT2D eigenvalue weighted by molar-refractivity contribution is -0.132. The van der Waals surface area contributed by atoms with Gasteiger partial charge in [0.05, 0.1) is 6.04 Å². The molecule has 0 bridgehead atoms. The molecular formula is C20H29N3O3. The molecule has 1 aliphatic carbocycles. The maximum absolute atomic E-state index is 12.6. The third-order valence-corrected chi connectivity index (χ3v) is 4.81. The highest BCUT2D eigenvalue weighted by atomic mass is 16.6. The second-order valence-corrected chi connectivity index (χ2v) is 8.26. The lowest BCUT2D eigenvalue weighted by Crippen LogP contribution is -2.39. The van der Waals surface area contributed by atoms with Gasteiger partial charge in [-0.3, -0.25) is 9.69 Å². The number of pyridine rings is 1. The summed E-state index contributed by atoms with van der Waals surface area (Å²) in [5, 5.41) is 0. The van der Waals surface area contributed by atoms with Gasteiger partial charge in [-0.1, -0.05) is 6.07 Å². The predicted octanol–water partition coefficient (Wildman–Crippen LogP) is 4.06. The fourth-order valence-electron chi connectivity index (χ4n) is 3.47. The topological polar surface area (TPSA) is 62.7 Å². The number of carbonyl (C=O) groups excluding carboxylic acids is 2. The minimum atomic E-state index is -0.533. The molecular weight excluding hydrogens is 330 g/mol. The Kier molecular flexibility index (Phi) is 5.21. The minimum Gasteiger partial charge on any atom is -0.443 e.